The highest BCUT2D eigenvalue weighted by Crippen LogP contribution is 2.19. The van der Waals surface area contributed by atoms with E-state index in [0.29, 0.717) is 20.1 Å². The molecule has 0 unspecified atom stereocenters. The molecule has 3 aromatic carbocycles. The summed E-state index contributed by atoms with van der Waals surface area (Å²) in [5.41, 5.74) is 7.12. The fraction of sp³-hybridized carbons (Fsp3) is 0. The molecule has 0 heterocycles. The molecule has 0 saturated heterocycles. The normalized spacial score (nSPS) is 11.0. The number of hydrazone groups is 2. The van der Waals surface area contributed by atoms with Gasteiger partial charge in [-0.3, -0.25) is 4.79 Å². The smallest absolute Gasteiger partial charge is 0.267 e. The Balaban J connectivity index is 1.78. The molecule has 3 rings (SSSR count). The summed E-state index contributed by atoms with van der Waals surface area (Å²) >= 11 is 23.7. The van der Waals surface area contributed by atoms with E-state index >= 15 is 0 Å². The summed E-state index contributed by atoms with van der Waals surface area (Å²) in [5.74, 6) is -0.602. The van der Waals surface area contributed by atoms with Gasteiger partial charge < -0.3 is 0 Å². The first kappa shape index (κ1) is 23.8. The zero-order chi connectivity index (χ0) is 22.9. The van der Waals surface area contributed by atoms with E-state index in [-0.39, 0.29) is 11.5 Å². The van der Waals surface area contributed by atoms with Crippen molar-refractivity contribution in [1.29, 1.82) is 0 Å². The number of rotatable bonds is 5. The molecule has 0 fully saturated rings. The van der Waals surface area contributed by atoms with Crippen molar-refractivity contribution < 1.29 is 4.79 Å². The van der Waals surface area contributed by atoms with E-state index in [1.807, 2.05) is 0 Å². The number of carbonyl (C=O) groups excluding carboxylic acids is 1. The van der Waals surface area contributed by atoms with Crippen LogP contribution in [0.15, 0.2) is 81.9 Å². The Labute approximate surface area is 204 Å². The van der Waals surface area contributed by atoms with E-state index in [9.17, 15) is 4.79 Å². The summed E-state index contributed by atoms with van der Waals surface area (Å²) < 4.78 is 0. The van der Waals surface area contributed by atoms with Gasteiger partial charge in [0, 0.05) is 25.7 Å². The number of amides is 1. The highest BCUT2D eigenvalue weighted by Gasteiger charge is 2.09. The second-order valence-corrected chi connectivity index (χ2v) is 8.01. The molecule has 0 spiro atoms. The lowest BCUT2D eigenvalue weighted by atomic mass is 10.2. The zero-order valence-corrected chi connectivity index (χ0v) is 19.3. The molecule has 3 aromatic rings. The Morgan fingerprint density at radius 3 is 1.53 bits per heavy atom. The van der Waals surface area contributed by atoms with Crippen LogP contribution >= 0.6 is 46.4 Å². The largest absolute Gasteiger partial charge is 0.280 e. The third-order valence-electron chi connectivity index (χ3n) is 3.83. The highest BCUT2D eigenvalue weighted by atomic mass is 35.5. The minimum Gasteiger partial charge on any atom is -0.267 e. The highest BCUT2D eigenvalue weighted by molar-refractivity contribution is 6.35. The summed E-state index contributed by atoms with van der Waals surface area (Å²) in [4.78, 5) is 16.6. The molecule has 0 aliphatic carbocycles. The van der Waals surface area contributed by atoms with Gasteiger partial charge in [-0.1, -0.05) is 70.7 Å². The molecule has 32 heavy (non-hydrogen) atoms. The van der Waals surface area contributed by atoms with Gasteiger partial charge in [0.25, 0.3) is 5.91 Å². The number of nitrogens with one attached hydrogen (secondary N) is 2. The van der Waals surface area contributed by atoms with Crippen LogP contribution in [0.4, 0.5) is 0 Å². The third kappa shape index (κ3) is 7.66. The van der Waals surface area contributed by atoms with Crippen molar-refractivity contribution in [3.8, 4) is 0 Å². The van der Waals surface area contributed by atoms with Crippen LogP contribution in [-0.4, -0.2) is 24.3 Å². The quantitative estimate of drug-likeness (QED) is 0.251. The van der Waals surface area contributed by atoms with Crippen LogP contribution in [0.3, 0.4) is 0 Å². The van der Waals surface area contributed by atoms with Crippen molar-refractivity contribution in [3.63, 3.8) is 0 Å². The minimum atomic E-state index is -0.590. The maximum Gasteiger partial charge on any atom is 0.280 e. The molecular formula is C22H15Cl4N5O. The van der Waals surface area contributed by atoms with Gasteiger partial charge in [-0.05, 0) is 53.6 Å². The van der Waals surface area contributed by atoms with Gasteiger partial charge in [-0.25, -0.2) is 10.9 Å². The lowest BCUT2D eigenvalue weighted by Gasteiger charge is -2.05. The van der Waals surface area contributed by atoms with E-state index in [1.165, 1.54) is 30.6 Å². The van der Waals surface area contributed by atoms with Crippen molar-refractivity contribution in [1.82, 2.24) is 10.9 Å². The van der Waals surface area contributed by atoms with Crippen molar-refractivity contribution in [2.45, 2.75) is 0 Å². The summed E-state index contributed by atoms with van der Waals surface area (Å²) in [6.45, 7) is 0. The molecule has 0 aliphatic heterocycles. The zero-order valence-electron chi connectivity index (χ0n) is 16.3. The Kier molecular flexibility index (Phi) is 8.64. The Bertz CT molecular complexity index is 1100. The molecule has 0 radical (unpaired) electrons. The molecule has 1 amide bonds. The first-order valence-corrected chi connectivity index (χ1v) is 10.6. The summed E-state index contributed by atoms with van der Waals surface area (Å²) in [7, 11) is 0. The number of hydrogen-bond acceptors (Lipinski definition) is 3. The van der Waals surface area contributed by atoms with Crippen LogP contribution in [0.5, 0.6) is 0 Å². The van der Waals surface area contributed by atoms with Crippen LogP contribution in [-0.2, 0) is 0 Å². The number of benzene rings is 3. The summed E-state index contributed by atoms with van der Waals surface area (Å²) in [6.07, 6.45) is 3.08. The molecule has 10 heteroatoms. The Hall–Kier alpha value is -2.90. The van der Waals surface area contributed by atoms with Gasteiger partial charge >= 0.3 is 0 Å². The maximum absolute atomic E-state index is 12.6. The summed E-state index contributed by atoms with van der Waals surface area (Å²) in [5, 5.41) is 10.0. The first-order chi connectivity index (χ1) is 15.4. The minimum absolute atomic E-state index is 0.0125. The van der Waals surface area contributed by atoms with Crippen molar-refractivity contribution in [3.05, 3.63) is 104 Å². The molecule has 0 aliphatic rings. The number of nitrogens with zero attached hydrogens (tertiary/aromatic N) is 3. The fourth-order valence-corrected chi connectivity index (χ4v) is 3.13. The molecular weight excluding hydrogens is 492 g/mol. The molecule has 0 atom stereocenters. The van der Waals surface area contributed by atoms with Gasteiger partial charge in [0.1, 0.15) is 0 Å². The molecule has 2 N–H and O–H groups in total. The second kappa shape index (κ2) is 11.6. The lowest BCUT2D eigenvalue weighted by molar-refractivity contribution is 0.100. The van der Waals surface area contributed by atoms with Crippen LogP contribution in [0.1, 0.15) is 21.5 Å². The van der Waals surface area contributed by atoms with E-state index in [2.05, 4.69) is 26.0 Å². The maximum atomic E-state index is 12.6. The number of aliphatic imine (C=N–C) groups is 1. The molecule has 0 aromatic heterocycles. The topological polar surface area (TPSA) is 78.2 Å². The second-order valence-electron chi connectivity index (χ2n) is 6.27. The van der Waals surface area contributed by atoms with E-state index in [1.54, 1.807) is 48.5 Å². The van der Waals surface area contributed by atoms with E-state index < -0.39 is 5.91 Å². The van der Waals surface area contributed by atoms with E-state index in [0.717, 1.165) is 11.1 Å². The third-order valence-corrected chi connectivity index (χ3v) is 4.77. The van der Waals surface area contributed by atoms with Crippen LogP contribution in [0, 0.1) is 0 Å². The predicted octanol–water partition coefficient (Wildman–Crippen LogP) is 6.04. The van der Waals surface area contributed by atoms with Crippen LogP contribution in [0.2, 0.25) is 20.1 Å². The number of halogens is 4. The fourth-order valence-electron chi connectivity index (χ4n) is 2.35. The average molecular weight is 507 g/mol. The SMILES string of the molecule is O=C(N=C(NN=Cc1ccc(Cl)cc1)NN=Cc1ccc(Cl)cc1)c1cc(Cl)cc(Cl)c1. The molecule has 6 nitrogen and oxygen atoms in total. The van der Waals surface area contributed by atoms with Gasteiger partial charge in [-0.2, -0.15) is 15.2 Å². The summed E-state index contributed by atoms with van der Waals surface area (Å²) in [6, 6.07) is 18.5. The van der Waals surface area contributed by atoms with Crippen molar-refractivity contribution >= 4 is 70.7 Å². The number of carbonyl (C=O) groups is 1. The van der Waals surface area contributed by atoms with Gasteiger partial charge in [0.05, 0.1) is 12.4 Å². The molecule has 162 valence electrons. The average Bonchev–Trinajstić information content (AvgIpc) is 2.75. The van der Waals surface area contributed by atoms with Crippen LogP contribution < -0.4 is 10.9 Å². The molecule has 0 saturated carbocycles. The number of guanidine groups is 1. The Morgan fingerprint density at radius 1 is 0.656 bits per heavy atom. The standard InChI is InChI=1S/C22H15Cl4N5O/c23-17-5-1-14(2-6-17)12-27-30-22(31-28-13-15-3-7-18(24)8-4-15)29-21(32)16-9-19(25)11-20(26)10-16/h1-13H,(H2,29,30,31,32). The predicted molar refractivity (Wildman–Crippen MR) is 133 cm³/mol. The van der Waals surface area contributed by atoms with E-state index in [4.69, 9.17) is 46.4 Å². The first-order valence-electron chi connectivity index (χ1n) is 9.07. The van der Waals surface area contributed by atoms with Gasteiger partial charge in [0.15, 0.2) is 0 Å². The van der Waals surface area contributed by atoms with Gasteiger partial charge in [-0.15, -0.1) is 0 Å². The van der Waals surface area contributed by atoms with Gasteiger partial charge in [0.2, 0.25) is 5.96 Å². The molecule has 0 bridgehead atoms. The lowest BCUT2D eigenvalue weighted by Crippen LogP contribution is -2.32. The monoisotopic (exact) mass is 505 g/mol. The van der Waals surface area contributed by atoms with Crippen molar-refractivity contribution in [2.75, 3.05) is 0 Å². The number of hydrogen-bond donors (Lipinski definition) is 2. The van der Waals surface area contributed by atoms with Crippen molar-refractivity contribution in [2.24, 2.45) is 15.2 Å². The Morgan fingerprint density at radius 2 is 1.09 bits per heavy atom. The van der Waals surface area contributed by atoms with Crippen LogP contribution in [0.25, 0.3) is 0 Å².